The van der Waals surface area contributed by atoms with E-state index in [2.05, 4.69) is 10.6 Å². The number of nitrogens with one attached hydrogen (secondary N) is 2. The number of fused-ring (bicyclic) bond motifs is 2. The largest absolute Gasteiger partial charge is 0.497 e. The fraction of sp³-hybridized carbons (Fsp3) is 0.389. The highest BCUT2D eigenvalue weighted by Gasteiger charge is 2.39. The first-order chi connectivity index (χ1) is 11.7. The predicted molar refractivity (Wildman–Crippen MR) is 93.2 cm³/mol. The summed E-state index contributed by atoms with van der Waals surface area (Å²) in [5.74, 6) is 1.50. The molecule has 2 bridgehead atoms. The zero-order valence-electron chi connectivity index (χ0n) is 13.5. The summed E-state index contributed by atoms with van der Waals surface area (Å²) in [6.45, 7) is 0. The van der Waals surface area contributed by atoms with Gasteiger partial charge in [-0.25, -0.2) is 0 Å². The molecule has 1 aromatic carbocycles. The lowest BCUT2D eigenvalue weighted by Crippen LogP contribution is -2.42. The summed E-state index contributed by atoms with van der Waals surface area (Å²) >= 11 is 1.36. The van der Waals surface area contributed by atoms with Crippen molar-refractivity contribution in [3.05, 3.63) is 41.3 Å². The Balaban J connectivity index is 1.37. The van der Waals surface area contributed by atoms with Crippen molar-refractivity contribution >= 4 is 17.2 Å². The van der Waals surface area contributed by atoms with Gasteiger partial charge in [0.2, 0.25) is 0 Å². The summed E-state index contributed by atoms with van der Waals surface area (Å²) < 4.78 is 10.9. The third-order valence-corrected chi connectivity index (χ3v) is 5.66. The Hall–Kier alpha value is -2.05. The summed E-state index contributed by atoms with van der Waals surface area (Å²) in [4.78, 5) is 13.1. The maximum atomic E-state index is 12.4. The van der Waals surface area contributed by atoms with Crippen molar-refractivity contribution in [3.8, 4) is 16.6 Å². The number of benzene rings is 1. The van der Waals surface area contributed by atoms with E-state index in [0.717, 1.165) is 24.3 Å². The summed E-state index contributed by atoms with van der Waals surface area (Å²) in [5, 5.41) is 7.40. The van der Waals surface area contributed by atoms with Crippen molar-refractivity contribution in [1.82, 2.24) is 10.6 Å². The molecule has 0 saturated carbocycles. The highest BCUT2D eigenvalue weighted by molar-refractivity contribution is 7.15. The maximum Gasteiger partial charge on any atom is 0.261 e. The zero-order chi connectivity index (χ0) is 16.5. The summed E-state index contributed by atoms with van der Waals surface area (Å²) in [6, 6.07) is 12.3. The number of thiophene rings is 1. The number of hydrogen-bond acceptors (Lipinski definition) is 5. The lowest BCUT2D eigenvalue weighted by molar-refractivity contribution is 0.0935. The molecule has 6 heteroatoms. The molecular formula is C18H20N2O3S. The minimum absolute atomic E-state index is 0.0102. The maximum absolute atomic E-state index is 12.4. The Kier molecular flexibility index (Phi) is 4.16. The van der Waals surface area contributed by atoms with E-state index in [0.29, 0.717) is 22.0 Å². The van der Waals surface area contributed by atoms with Gasteiger partial charge < -0.3 is 20.1 Å². The van der Waals surface area contributed by atoms with Crippen LogP contribution in [-0.4, -0.2) is 31.1 Å². The van der Waals surface area contributed by atoms with E-state index in [9.17, 15) is 4.79 Å². The Morgan fingerprint density at radius 2 is 1.96 bits per heavy atom. The Labute approximate surface area is 145 Å². The molecule has 2 aliphatic heterocycles. The van der Waals surface area contributed by atoms with E-state index >= 15 is 0 Å². The molecule has 126 valence electrons. The number of carbonyl (C=O) groups excluding carboxylic acids is 1. The van der Waals surface area contributed by atoms with Gasteiger partial charge in [0.25, 0.3) is 5.91 Å². The first kappa shape index (κ1) is 15.5. The fourth-order valence-corrected chi connectivity index (χ4v) is 4.26. The first-order valence-electron chi connectivity index (χ1n) is 8.20. The van der Waals surface area contributed by atoms with E-state index in [1.807, 2.05) is 36.4 Å². The van der Waals surface area contributed by atoms with Crippen LogP contribution in [-0.2, 0) is 0 Å². The molecule has 2 N–H and O–H groups in total. The molecule has 2 aliphatic rings. The Morgan fingerprint density at radius 1 is 1.17 bits per heavy atom. The van der Waals surface area contributed by atoms with Crippen molar-refractivity contribution < 1.29 is 14.3 Å². The van der Waals surface area contributed by atoms with Crippen molar-refractivity contribution in [1.29, 1.82) is 0 Å². The molecule has 3 heterocycles. The van der Waals surface area contributed by atoms with Crippen LogP contribution >= 0.6 is 11.3 Å². The molecule has 5 nitrogen and oxygen atoms in total. The van der Waals surface area contributed by atoms with Gasteiger partial charge in [0, 0.05) is 18.1 Å². The van der Waals surface area contributed by atoms with Crippen LogP contribution < -0.4 is 20.1 Å². The molecule has 3 unspecified atom stereocenters. The average molecular weight is 344 g/mol. The highest BCUT2D eigenvalue weighted by atomic mass is 32.1. The van der Waals surface area contributed by atoms with E-state index in [1.54, 1.807) is 7.11 Å². The molecule has 3 atom stereocenters. The van der Waals surface area contributed by atoms with Crippen LogP contribution in [0.4, 0.5) is 0 Å². The van der Waals surface area contributed by atoms with Gasteiger partial charge in [0.15, 0.2) is 5.06 Å². The molecule has 4 rings (SSSR count). The lowest BCUT2D eigenvalue weighted by atomic mass is 9.95. The van der Waals surface area contributed by atoms with Gasteiger partial charge in [0.05, 0.1) is 12.0 Å². The second-order valence-electron chi connectivity index (χ2n) is 6.26. The topological polar surface area (TPSA) is 59.6 Å². The van der Waals surface area contributed by atoms with Crippen LogP contribution in [0.3, 0.4) is 0 Å². The van der Waals surface area contributed by atoms with E-state index < -0.39 is 0 Å². The average Bonchev–Trinajstić information content (AvgIpc) is 3.32. The van der Waals surface area contributed by atoms with E-state index in [4.69, 9.17) is 9.47 Å². The van der Waals surface area contributed by atoms with Gasteiger partial charge >= 0.3 is 0 Å². The molecule has 2 saturated heterocycles. The van der Waals surface area contributed by atoms with Crippen LogP contribution in [0, 0.1) is 0 Å². The van der Waals surface area contributed by atoms with Crippen LogP contribution in [0.25, 0.3) is 0 Å². The molecule has 2 aromatic rings. The smallest absolute Gasteiger partial charge is 0.261 e. The number of rotatable bonds is 5. The molecule has 0 spiro atoms. The normalized spacial score (nSPS) is 24.8. The van der Waals surface area contributed by atoms with Gasteiger partial charge in [-0.05, 0) is 55.7 Å². The molecule has 1 amide bonds. The Bertz CT molecular complexity index is 728. The SMILES string of the molecule is COc1ccc(Oc2ccc(C(=O)NC3CC4CCC3N4)s2)cc1. The number of hydrogen-bond donors (Lipinski definition) is 2. The van der Waals surface area contributed by atoms with Gasteiger partial charge in [-0.1, -0.05) is 11.3 Å². The van der Waals surface area contributed by atoms with Gasteiger partial charge in [-0.3, -0.25) is 4.79 Å². The zero-order valence-corrected chi connectivity index (χ0v) is 14.3. The number of methoxy groups -OCH3 is 1. The monoisotopic (exact) mass is 344 g/mol. The molecule has 0 aliphatic carbocycles. The summed E-state index contributed by atoms with van der Waals surface area (Å²) in [7, 11) is 1.63. The first-order valence-corrected chi connectivity index (χ1v) is 9.01. The minimum Gasteiger partial charge on any atom is -0.497 e. The number of amides is 1. The lowest BCUT2D eigenvalue weighted by Gasteiger charge is -2.20. The second kappa shape index (κ2) is 6.45. The highest BCUT2D eigenvalue weighted by Crippen LogP contribution is 2.32. The van der Waals surface area contributed by atoms with Crippen molar-refractivity contribution in [2.75, 3.05) is 7.11 Å². The van der Waals surface area contributed by atoms with Gasteiger partial charge in [-0.2, -0.15) is 0 Å². The summed E-state index contributed by atoms with van der Waals surface area (Å²) in [6.07, 6.45) is 3.43. The van der Waals surface area contributed by atoms with Crippen LogP contribution in [0.2, 0.25) is 0 Å². The van der Waals surface area contributed by atoms with Crippen LogP contribution in [0.5, 0.6) is 16.6 Å². The molecular weight excluding hydrogens is 324 g/mol. The predicted octanol–water partition coefficient (Wildman–Crippen LogP) is 3.17. The fourth-order valence-electron chi connectivity index (χ4n) is 3.48. The van der Waals surface area contributed by atoms with Crippen LogP contribution in [0.15, 0.2) is 36.4 Å². The van der Waals surface area contributed by atoms with Gasteiger partial charge in [-0.15, -0.1) is 0 Å². The third kappa shape index (κ3) is 3.12. The Morgan fingerprint density at radius 3 is 2.62 bits per heavy atom. The second-order valence-corrected chi connectivity index (χ2v) is 7.31. The van der Waals surface area contributed by atoms with E-state index in [-0.39, 0.29) is 11.9 Å². The molecule has 24 heavy (non-hydrogen) atoms. The van der Waals surface area contributed by atoms with Crippen molar-refractivity contribution in [2.24, 2.45) is 0 Å². The minimum atomic E-state index is -0.0102. The third-order valence-electron chi connectivity index (χ3n) is 4.70. The van der Waals surface area contributed by atoms with Crippen molar-refractivity contribution in [2.45, 2.75) is 37.4 Å². The van der Waals surface area contributed by atoms with Gasteiger partial charge in [0.1, 0.15) is 11.5 Å². The molecule has 0 radical (unpaired) electrons. The molecule has 2 fully saturated rings. The quantitative estimate of drug-likeness (QED) is 0.875. The van der Waals surface area contributed by atoms with E-state index in [1.165, 1.54) is 17.8 Å². The number of ether oxygens (including phenoxy) is 2. The van der Waals surface area contributed by atoms with Crippen LogP contribution in [0.1, 0.15) is 28.9 Å². The number of carbonyl (C=O) groups is 1. The molecule has 1 aromatic heterocycles. The van der Waals surface area contributed by atoms with Crippen molar-refractivity contribution in [3.63, 3.8) is 0 Å². The summed E-state index contributed by atoms with van der Waals surface area (Å²) in [5.41, 5.74) is 0. The standard InChI is InChI=1S/C18H20N2O3S/c1-22-12-3-5-13(6-4-12)23-17-9-8-16(24-17)18(21)20-15-10-11-2-7-14(15)19-11/h3-6,8-9,11,14-15,19H,2,7,10H2,1H3,(H,20,21).